The third-order valence-electron chi connectivity index (χ3n) is 2.95. The first kappa shape index (κ1) is 12.7. The third-order valence-corrected chi connectivity index (χ3v) is 2.95. The Morgan fingerprint density at radius 2 is 2.28 bits per heavy atom. The molecule has 2 heterocycles. The van der Waals surface area contributed by atoms with E-state index in [0.717, 1.165) is 24.1 Å². The number of nitrogens with two attached hydrogens (primary N) is 1. The van der Waals surface area contributed by atoms with Gasteiger partial charge in [-0.2, -0.15) is 4.98 Å². The Bertz CT molecular complexity index is 509. The number of aromatic nitrogens is 3. The minimum absolute atomic E-state index is 0.185. The van der Waals surface area contributed by atoms with Gasteiger partial charge in [0.1, 0.15) is 5.69 Å². The third kappa shape index (κ3) is 2.56. The van der Waals surface area contributed by atoms with E-state index in [9.17, 15) is 0 Å². The zero-order chi connectivity index (χ0) is 13.0. The van der Waals surface area contributed by atoms with Crippen molar-refractivity contribution < 1.29 is 4.52 Å². The number of pyridine rings is 1. The molecule has 2 rings (SSSR count). The van der Waals surface area contributed by atoms with E-state index in [1.54, 1.807) is 6.20 Å². The lowest BCUT2D eigenvalue weighted by molar-refractivity contribution is 0.355. The Labute approximate surface area is 106 Å². The molecule has 1 atom stereocenters. The van der Waals surface area contributed by atoms with Crippen LogP contribution in [-0.4, -0.2) is 21.7 Å². The van der Waals surface area contributed by atoms with Gasteiger partial charge in [-0.15, -0.1) is 0 Å². The standard InChI is InChI=1S/C13H18N4O/c1-3-10-5-4-8-15-11(10)12-16-13(18-17-12)9(2)6-7-14/h4-5,8-9H,3,6-7,14H2,1-2H3. The Balaban J connectivity index is 2.29. The van der Waals surface area contributed by atoms with Crippen LogP contribution in [0.4, 0.5) is 0 Å². The molecule has 5 nitrogen and oxygen atoms in total. The molecule has 18 heavy (non-hydrogen) atoms. The molecular weight excluding hydrogens is 228 g/mol. The summed E-state index contributed by atoms with van der Waals surface area (Å²) in [5.41, 5.74) is 7.45. The van der Waals surface area contributed by atoms with E-state index in [2.05, 4.69) is 22.0 Å². The molecule has 0 radical (unpaired) electrons. The van der Waals surface area contributed by atoms with E-state index in [4.69, 9.17) is 10.3 Å². The van der Waals surface area contributed by atoms with Crippen LogP contribution in [0.5, 0.6) is 0 Å². The molecule has 0 bridgehead atoms. The number of rotatable bonds is 5. The molecule has 0 spiro atoms. The molecule has 0 amide bonds. The van der Waals surface area contributed by atoms with E-state index >= 15 is 0 Å². The summed E-state index contributed by atoms with van der Waals surface area (Å²) in [4.78, 5) is 8.74. The topological polar surface area (TPSA) is 77.8 Å². The molecule has 0 aliphatic rings. The monoisotopic (exact) mass is 246 g/mol. The van der Waals surface area contributed by atoms with Crippen LogP contribution in [0.15, 0.2) is 22.9 Å². The molecule has 0 aromatic carbocycles. The van der Waals surface area contributed by atoms with Crippen LogP contribution in [0.25, 0.3) is 11.5 Å². The summed E-state index contributed by atoms with van der Waals surface area (Å²) in [7, 11) is 0. The van der Waals surface area contributed by atoms with E-state index in [1.165, 1.54) is 0 Å². The molecule has 1 unspecified atom stereocenters. The van der Waals surface area contributed by atoms with Crippen LogP contribution in [0.2, 0.25) is 0 Å². The maximum Gasteiger partial charge on any atom is 0.229 e. The summed E-state index contributed by atoms with van der Waals surface area (Å²) in [6.07, 6.45) is 3.48. The fourth-order valence-electron chi connectivity index (χ4n) is 1.83. The van der Waals surface area contributed by atoms with Gasteiger partial charge in [0.25, 0.3) is 0 Å². The molecule has 96 valence electrons. The van der Waals surface area contributed by atoms with Crippen molar-refractivity contribution in [2.75, 3.05) is 6.54 Å². The zero-order valence-corrected chi connectivity index (χ0v) is 10.8. The number of hydrogen-bond donors (Lipinski definition) is 1. The Morgan fingerprint density at radius 1 is 1.44 bits per heavy atom. The fraction of sp³-hybridized carbons (Fsp3) is 0.462. The summed E-state index contributed by atoms with van der Waals surface area (Å²) in [5, 5.41) is 4.01. The van der Waals surface area contributed by atoms with Crippen molar-refractivity contribution in [3.63, 3.8) is 0 Å². The second-order valence-corrected chi connectivity index (χ2v) is 4.30. The quantitative estimate of drug-likeness (QED) is 0.874. The summed E-state index contributed by atoms with van der Waals surface area (Å²) >= 11 is 0. The van der Waals surface area contributed by atoms with Gasteiger partial charge in [-0.05, 0) is 31.0 Å². The van der Waals surface area contributed by atoms with Crippen LogP contribution in [0.1, 0.15) is 37.6 Å². The summed E-state index contributed by atoms with van der Waals surface area (Å²) in [6.45, 7) is 4.73. The van der Waals surface area contributed by atoms with Gasteiger partial charge >= 0.3 is 0 Å². The van der Waals surface area contributed by atoms with Crippen molar-refractivity contribution in [3.8, 4) is 11.5 Å². The highest BCUT2D eigenvalue weighted by Crippen LogP contribution is 2.22. The van der Waals surface area contributed by atoms with Gasteiger partial charge in [-0.3, -0.25) is 4.98 Å². The molecule has 2 aromatic heterocycles. The molecule has 2 aromatic rings. The van der Waals surface area contributed by atoms with E-state index in [-0.39, 0.29) is 5.92 Å². The smallest absolute Gasteiger partial charge is 0.229 e. The van der Waals surface area contributed by atoms with Gasteiger partial charge < -0.3 is 10.3 Å². The Hall–Kier alpha value is -1.75. The fourth-order valence-corrected chi connectivity index (χ4v) is 1.83. The maximum atomic E-state index is 5.53. The first-order chi connectivity index (χ1) is 8.76. The van der Waals surface area contributed by atoms with Gasteiger partial charge in [0.05, 0.1) is 0 Å². The molecule has 2 N–H and O–H groups in total. The molecule has 0 saturated carbocycles. The maximum absolute atomic E-state index is 5.53. The van der Waals surface area contributed by atoms with Crippen molar-refractivity contribution in [3.05, 3.63) is 29.8 Å². The van der Waals surface area contributed by atoms with Crippen molar-refractivity contribution in [2.24, 2.45) is 5.73 Å². The zero-order valence-electron chi connectivity index (χ0n) is 10.8. The lowest BCUT2D eigenvalue weighted by atomic mass is 10.1. The van der Waals surface area contributed by atoms with Crippen molar-refractivity contribution in [1.29, 1.82) is 0 Å². The summed E-state index contributed by atoms with van der Waals surface area (Å²) in [6, 6.07) is 3.95. The summed E-state index contributed by atoms with van der Waals surface area (Å²) < 4.78 is 5.28. The molecule has 0 saturated heterocycles. The average molecular weight is 246 g/mol. The van der Waals surface area contributed by atoms with Crippen LogP contribution < -0.4 is 5.73 Å². The lowest BCUT2D eigenvalue weighted by Crippen LogP contribution is -2.04. The van der Waals surface area contributed by atoms with Gasteiger partial charge in [0.2, 0.25) is 11.7 Å². The van der Waals surface area contributed by atoms with Gasteiger partial charge in [0.15, 0.2) is 0 Å². The minimum Gasteiger partial charge on any atom is -0.339 e. The van der Waals surface area contributed by atoms with Crippen LogP contribution in [0, 0.1) is 0 Å². The molecule has 0 aliphatic carbocycles. The number of aryl methyl sites for hydroxylation is 1. The minimum atomic E-state index is 0.185. The van der Waals surface area contributed by atoms with Gasteiger partial charge in [0, 0.05) is 12.1 Å². The molecular formula is C13H18N4O. The molecule has 0 fully saturated rings. The highest BCUT2D eigenvalue weighted by atomic mass is 16.5. The second kappa shape index (κ2) is 5.73. The van der Waals surface area contributed by atoms with Gasteiger partial charge in [-0.1, -0.05) is 25.1 Å². The van der Waals surface area contributed by atoms with E-state index < -0.39 is 0 Å². The number of nitrogens with zero attached hydrogens (tertiary/aromatic N) is 3. The van der Waals surface area contributed by atoms with Gasteiger partial charge in [-0.25, -0.2) is 0 Å². The largest absolute Gasteiger partial charge is 0.339 e. The van der Waals surface area contributed by atoms with Crippen molar-refractivity contribution in [2.45, 2.75) is 32.6 Å². The van der Waals surface area contributed by atoms with E-state index in [0.29, 0.717) is 18.3 Å². The van der Waals surface area contributed by atoms with Crippen LogP contribution in [0.3, 0.4) is 0 Å². The second-order valence-electron chi connectivity index (χ2n) is 4.30. The van der Waals surface area contributed by atoms with Crippen molar-refractivity contribution >= 4 is 0 Å². The average Bonchev–Trinajstić information content (AvgIpc) is 2.88. The lowest BCUT2D eigenvalue weighted by Gasteiger charge is -2.02. The highest BCUT2D eigenvalue weighted by Gasteiger charge is 2.16. The predicted molar refractivity (Wildman–Crippen MR) is 69.0 cm³/mol. The molecule has 5 heteroatoms. The SMILES string of the molecule is CCc1cccnc1-c1noc(C(C)CCN)n1. The van der Waals surface area contributed by atoms with Crippen LogP contribution >= 0.6 is 0 Å². The normalized spacial score (nSPS) is 12.6. The Kier molecular flexibility index (Phi) is 4.04. The highest BCUT2D eigenvalue weighted by molar-refractivity contribution is 5.53. The van der Waals surface area contributed by atoms with Crippen molar-refractivity contribution in [1.82, 2.24) is 15.1 Å². The Morgan fingerprint density at radius 3 is 3.00 bits per heavy atom. The first-order valence-corrected chi connectivity index (χ1v) is 6.24. The summed E-state index contributed by atoms with van der Waals surface area (Å²) in [5.74, 6) is 1.37. The first-order valence-electron chi connectivity index (χ1n) is 6.24. The molecule has 0 aliphatic heterocycles. The predicted octanol–water partition coefficient (Wildman–Crippen LogP) is 2.15. The van der Waals surface area contributed by atoms with E-state index in [1.807, 2.05) is 19.1 Å². The van der Waals surface area contributed by atoms with Crippen LogP contribution in [-0.2, 0) is 6.42 Å². The number of hydrogen-bond acceptors (Lipinski definition) is 5.